The topological polar surface area (TPSA) is 0 Å². The molecule has 0 aliphatic rings. The van der Waals surface area contributed by atoms with Gasteiger partial charge in [0.25, 0.3) is 0 Å². The second-order valence-corrected chi connectivity index (χ2v) is 3.11. The molecule has 1 aromatic carbocycles. The predicted molar refractivity (Wildman–Crippen MR) is 50.8 cm³/mol. The largest absolute Gasteiger partial charge is 0.212 e. The summed E-state index contributed by atoms with van der Waals surface area (Å²) in [5.41, 5.74) is 1.47. The van der Waals surface area contributed by atoms with Gasteiger partial charge in [0.05, 0.1) is 0 Å². The summed E-state index contributed by atoms with van der Waals surface area (Å²) in [7, 11) is 0. The molecule has 0 amide bonds. The fourth-order valence-electron chi connectivity index (χ4n) is 0.921. The van der Waals surface area contributed by atoms with Crippen LogP contribution in [0, 0.1) is 0 Å². The first-order valence-electron chi connectivity index (χ1n) is 3.70. The smallest absolute Gasteiger partial charge is 0.100 e. The zero-order chi connectivity index (χ0) is 9.14. The van der Waals surface area contributed by atoms with Crippen molar-refractivity contribution in [3.63, 3.8) is 0 Å². The van der Waals surface area contributed by atoms with Crippen LogP contribution >= 0.6 is 11.6 Å². The van der Waals surface area contributed by atoms with E-state index in [1.54, 1.807) is 19.1 Å². The Morgan fingerprint density at radius 2 is 2.00 bits per heavy atom. The van der Waals surface area contributed by atoms with Gasteiger partial charge in [-0.2, -0.15) is 0 Å². The average molecular weight is 185 g/mol. The number of halogens is 2. The van der Waals surface area contributed by atoms with Crippen LogP contribution in [0.1, 0.15) is 19.4 Å². The Balaban J connectivity index is 3.13. The molecule has 0 radical (unpaired) electrons. The van der Waals surface area contributed by atoms with Gasteiger partial charge in [0.1, 0.15) is 5.83 Å². The van der Waals surface area contributed by atoms with E-state index in [2.05, 4.69) is 0 Å². The molecule has 0 aromatic heterocycles. The highest BCUT2D eigenvalue weighted by atomic mass is 35.5. The summed E-state index contributed by atoms with van der Waals surface area (Å²) in [5.74, 6) is -0.169. The van der Waals surface area contributed by atoms with Crippen molar-refractivity contribution < 1.29 is 4.39 Å². The summed E-state index contributed by atoms with van der Waals surface area (Å²) in [6, 6.07) is 7.17. The van der Waals surface area contributed by atoms with Crippen LogP contribution in [0.25, 0.3) is 5.57 Å². The highest BCUT2D eigenvalue weighted by Gasteiger charge is 1.99. The molecule has 0 N–H and O–H groups in total. The van der Waals surface area contributed by atoms with E-state index in [-0.39, 0.29) is 5.83 Å². The van der Waals surface area contributed by atoms with Crippen LogP contribution < -0.4 is 0 Å². The lowest BCUT2D eigenvalue weighted by molar-refractivity contribution is 0.643. The van der Waals surface area contributed by atoms with Gasteiger partial charge in [-0.3, -0.25) is 0 Å². The molecule has 1 rings (SSSR count). The number of allylic oxidation sites excluding steroid dienone is 2. The predicted octanol–water partition coefficient (Wildman–Crippen LogP) is 4.06. The fourth-order valence-corrected chi connectivity index (χ4v) is 1.11. The molecule has 64 valence electrons. The average Bonchev–Trinajstić information content (AvgIpc) is 2.03. The zero-order valence-corrected chi connectivity index (χ0v) is 7.82. The minimum atomic E-state index is -0.169. The van der Waals surface area contributed by atoms with E-state index in [0.29, 0.717) is 10.6 Å². The number of hydrogen-bond donors (Lipinski definition) is 0. The summed E-state index contributed by atoms with van der Waals surface area (Å²) in [5, 5.41) is 0.633. The van der Waals surface area contributed by atoms with Crippen LogP contribution in [0.3, 0.4) is 0 Å². The molecule has 1 aromatic rings. The van der Waals surface area contributed by atoms with Gasteiger partial charge in [-0.05, 0) is 37.1 Å². The highest BCUT2D eigenvalue weighted by Crippen LogP contribution is 2.21. The van der Waals surface area contributed by atoms with Crippen molar-refractivity contribution in [2.45, 2.75) is 13.8 Å². The lowest BCUT2D eigenvalue weighted by Gasteiger charge is -2.01. The minimum absolute atomic E-state index is 0.169. The van der Waals surface area contributed by atoms with Gasteiger partial charge < -0.3 is 0 Å². The van der Waals surface area contributed by atoms with Gasteiger partial charge >= 0.3 is 0 Å². The molecule has 0 bridgehead atoms. The highest BCUT2D eigenvalue weighted by molar-refractivity contribution is 6.30. The van der Waals surface area contributed by atoms with Crippen molar-refractivity contribution in [3.05, 3.63) is 40.7 Å². The molecule has 0 unspecified atom stereocenters. The Bertz CT molecular complexity index is 311. The van der Waals surface area contributed by atoms with Crippen LogP contribution in [0.4, 0.5) is 4.39 Å². The third-order valence-electron chi connectivity index (χ3n) is 1.77. The number of benzene rings is 1. The molecule has 0 atom stereocenters. The Labute approximate surface area is 76.7 Å². The van der Waals surface area contributed by atoms with Crippen LogP contribution in [-0.2, 0) is 0 Å². The Kier molecular flexibility index (Phi) is 2.88. The molecular formula is C10H10ClF. The lowest BCUT2D eigenvalue weighted by atomic mass is 10.1. The van der Waals surface area contributed by atoms with E-state index in [4.69, 9.17) is 11.6 Å². The van der Waals surface area contributed by atoms with E-state index < -0.39 is 0 Å². The molecule has 12 heavy (non-hydrogen) atoms. The van der Waals surface area contributed by atoms with Crippen LogP contribution in [-0.4, -0.2) is 0 Å². The molecule has 0 saturated heterocycles. The third-order valence-corrected chi connectivity index (χ3v) is 2.01. The first-order chi connectivity index (χ1) is 5.61. The van der Waals surface area contributed by atoms with Crippen LogP contribution in [0.15, 0.2) is 30.1 Å². The third kappa shape index (κ3) is 2.08. The van der Waals surface area contributed by atoms with Gasteiger partial charge in [0, 0.05) is 5.02 Å². The molecule has 0 fully saturated rings. The number of hydrogen-bond acceptors (Lipinski definition) is 0. The van der Waals surface area contributed by atoms with Crippen molar-refractivity contribution in [2.24, 2.45) is 0 Å². The molecule has 0 heterocycles. The quantitative estimate of drug-likeness (QED) is 0.618. The minimum Gasteiger partial charge on any atom is -0.212 e. The maximum Gasteiger partial charge on any atom is 0.100 e. The fraction of sp³-hybridized carbons (Fsp3) is 0.200. The van der Waals surface area contributed by atoms with E-state index >= 15 is 0 Å². The maximum absolute atomic E-state index is 12.7. The van der Waals surface area contributed by atoms with Gasteiger partial charge in [-0.1, -0.05) is 23.7 Å². The molecule has 0 aliphatic carbocycles. The van der Waals surface area contributed by atoms with E-state index in [0.717, 1.165) is 5.56 Å². The summed E-state index contributed by atoms with van der Waals surface area (Å²) < 4.78 is 12.7. The second-order valence-electron chi connectivity index (χ2n) is 2.67. The van der Waals surface area contributed by atoms with Gasteiger partial charge in [0.15, 0.2) is 0 Å². The Morgan fingerprint density at radius 1 is 1.33 bits per heavy atom. The van der Waals surface area contributed by atoms with Crippen molar-refractivity contribution in [1.29, 1.82) is 0 Å². The summed E-state index contributed by atoms with van der Waals surface area (Å²) in [4.78, 5) is 0. The van der Waals surface area contributed by atoms with Crippen LogP contribution in [0.5, 0.6) is 0 Å². The van der Waals surface area contributed by atoms with Crippen molar-refractivity contribution in [3.8, 4) is 0 Å². The zero-order valence-electron chi connectivity index (χ0n) is 7.07. The lowest BCUT2D eigenvalue weighted by Crippen LogP contribution is -1.80. The normalized spacial score (nSPS) is 12.7. The molecule has 0 nitrogen and oxygen atoms in total. The number of rotatable bonds is 1. The summed E-state index contributed by atoms with van der Waals surface area (Å²) >= 11 is 5.75. The SMILES string of the molecule is C/C(F)=C(\C)c1cccc(Cl)c1. The molecule has 0 spiro atoms. The van der Waals surface area contributed by atoms with Gasteiger partial charge in [-0.25, -0.2) is 4.39 Å². The standard InChI is InChI=1S/C10H10ClF/c1-7(8(2)12)9-4-3-5-10(11)6-9/h3-6H,1-2H3/b8-7-. The van der Waals surface area contributed by atoms with E-state index in [1.165, 1.54) is 6.92 Å². The van der Waals surface area contributed by atoms with Crippen LogP contribution in [0.2, 0.25) is 5.02 Å². The van der Waals surface area contributed by atoms with Crippen molar-refractivity contribution in [1.82, 2.24) is 0 Å². The van der Waals surface area contributed by atoms with Crippen molar-refractivity contribution >= 4 is 17.2 Å². The maximum atomic E-state index is 12.7. The Morgan fingerprint density at radius 3 is 2.50 bits per heavy atom. The van der Waals surface area contributed by atoms with Gasteiger partial charge in [-0.15, -0.1) is 0 Å². The molecule has 2 heteroatoms. The summed E-state index contributed by atoms with van der Waals surface area (Å²) in [6.07, 6.45) is 0. The van der Waals surface area contributed by atoms with E-state index in [1.807, 2.05) is 12.1 Å². The monoisotopic (exact) mass is 184 g/mol. The molecule has 0 aliphatic heterocycles. The molecule has 0 saturated carbocycles. The first-order valence-corrected chi connectivity index (χ1v) is 4.08. The first kappa shape index (κ1) is 9.27. The second kappa shape index (κ2) is 3.72. The summed E-state index contributed by atoms with van der Waals surface area (Å²) in [6.45, 7) is 3.18. The van der Waals surface area contributed by atoms with Crippen molar-refractivity contribution in [2.75, 3.05) is 0 Å². The molecular weight excluding hydrogens is 175 g/mol. The Hall–Kier alpha value is -0.820. The van der Waals surface area contributed by atoms with E-state index in [9.17, 15) is 4.39 Å². The van der Waals surface area contributed by atoms with Gasteiger partial charge in [0.2, 0.25) is 0 Å².